The molecule has 38 heavy (non-hydrogen) atoms. The molecule has 4 rings (SSSR count). The van der Waals surface area contributed by atoms with E-state index in [1.165, 1.54) is 32.5 Å². The van der Waals surface area contributed by atoms with Crippen LogP contribution in [0.3, 0.4) is 0 Å². The van der Waals surface area contributed by atoms with Crippen molar-refractivity contribution in [3.8, 4) is 17.2 Å². The first-order valence-electron chi connectivity index (χ1n) is 12.4. The minimum absolute atomic E-state index is 0.0972. The number of halogens is 1. The Morgan fingerprint density at radius 2 is 1.68 bits per heavy atom. The lowest BCUT2D eigenvalue weighted by atomic mass is 9.90. The van der Waals surface area contributed by atoms with Gasteiger partial charge in [-0.2, -0.15) is 5.10 Å². The summed E-state index contributed by atoms with van der Waals surface area (Å²) in [5, 5.41) is 7.38. The van der Waals surface area contributed by atoms with E-state index in [9.17, 15) is 14.0 Å². The number of hydrogen-bond acceptors (Lipinski definition) is 6. The van der Waals surface area contributed by atoms with Crippen LogP contribution in [0, 0.1) is 5.82 Å². The maximum Gasteiger partial charge on any atom is 0.410 e. The van der Waals surface area contributed by atoms with Gasteiger partial charge in [0, 0.05) is 42.9 Å². The van der Waals surface area contributed by atoms with E-state index < -0.39 is 11.4 Å². The predicted molar refractivity (Wildman–Crippen MR) is 141 cm³/mol. The number of carbonyl (C=O) groups is 2. The van der Waals surface area contributed by atoms with Crippen molar-refractivity contribution in [2.45, 2.75) is 45.1 Å². The Bertz CT molecular complexity index is 1290. The van der Waals surface area contributed by atoms with Crippen LogP contribution in [0.2, 0.25) is 0 Å². The summed E-state index contributed by atoms with van der Waals surface area (Å²) in [4.78, 5) is 27.8. The summed E-state index contributed by atoms with van der Waals surface area (Å²) in [6.07, 6.45) is 2.31. The van der Waals surface area contributed by atoms with E-state index in [1.54, 1.807) is 39.9 Å². The van der Waals surface area contributed by atoms with Crippen molar-refractivity contribution in [2.24, 2.45) is 0 Å². The summed E-state index contributed by atoms with van der Waals surface area (Å²) >= 11 is 0. The number of likely N-dealkylation sites (tertiary alicyclic amines) is 1. The molecule has 2 aromatic carbocycles. The van der Waals surface area contributed by atoms with Gasteiger partial charge in [0.15, 0.2) is 0 Å². The van der Waals surface area contributed by atoms with Crippen molar-refractivity contribution in [3.63, 3.8) is 0 Å². The lowest BCUT2D eigenvalue weighted by Crippen LogP contribution is -2.41. The van der Waals surface area contributed by atoms with Gasteiger partial charge in [-0.05, 0) is 51.8 Å². The van der Waals surface area contributed by atoms with Gasteiger partial charge in [0.2, 0.25) is 0 Å². The van der Waals surface area contributed by atoms with Crippen LogP contribution in [-0.2, 0) is 4.74 Å². The molecule has 1 saturated heterocycles. The largest absolute Gasteiger partial charge is 0.497 e. The van der Waals surface area contributed by atoms with E-state index >= 15 is 0 Å². The number of hydrogen-bond donors (Lipinski definition) is 1. The number of nitrogens with one attached hydrogen (secondary N) is 1. The molecule has 1 aliphatic rings. The van der Waals surface area contributed by atoms with Crippen molar-refractivity contribution in [2.75, 3.05) is 32.6 Å². The van der Waals surface area contributed by atoms with Crippen molar-refractivity contribution in [3.05, 3.63) is 65.7 Å². The van der Waals surface area contributed by atoms with Crippen LogP contribution >= 0.6 is 0 Å². The van der Waals surface area contributed by atoms with Gasteiger partial charge < -0.3 is 24.4 Å². The second kappa shape index (κ2) is 11.1. The Balaban J connectivity index is 1.64. The first-order chi connectivity index (χ1) is 18.1. The Morgan fingerprint density at radius 1 is 1.03 bits per heavy atom. The van der Waals surface area contributed by atoms with Crippen LogP contribution in [0.1, 0.15) is 55.6 Å². The van der Waals surface area contributed by atoms with Gasteiger partial charge in [-0.1, -0.05) is 6.07 Å². The summed E-state index contributed by atoms with van der Waals surface area (Å²) in [5.74, 6) is 0.195. The zero-order valence-electron chi connectivity index (χ0n) is 22.3. The van der Waals surface area contributed by atoms with Gasteiger partial charge in [-0.3, -0.25) is 4.79 Å². The van der Waals surface area contributed by atoms with Crippen molar-refractivity contribution < 1.29 is 28.2 Å². The molecule has 0 radical (unpaired) electrons. The molecule has 1 aliphatic heterocycles. The number of piperidine rings is 1. The van der Waals surface area contributed by atoms with E-state index in [2.05, 4.69) is 10.4 Å². The number of anilines is 1. The lowest BCUT2D eigenvalue weighted by molar-refractivity contribution is 0.0203. The fraction of sp³-hybridized carbons (Fsp3) is 0.393. The predicted octanol–water partition coefficient (Wildman–Crippen LogP) is 5.40. The maximum absolute atomic E-state index is 14.1. The third-order valence-corrected chi connectivity index (χ3v) is 6.25. The highest BCUT2D eigenvalue weighted by atomic mass is 19.1. The summed E-state index contributed by atoms with van der Waals surface area (Å²) in [6, 6.07) is 11.2. The number of rotatable bonds is 6. The molecule has 2 heterocycles. The molecule has 0 atom stereocenters. The number of ether oxygens (including phenoxy) is 3. The Kier molecular flexibility index (Phi) is 7.89. The SMILES string of the molecule is COc1cc(NC(=O)c2cnn(-c3cccc(F)c3)c2C2CCN(C(=O)OC(C)(C)C)CC2)cc(OC)c1. The summed E-state index contributed by atoms with van der Waals surface area (Å²) < 4.78 is 31.8. The highest BCUT2D eigenvalue weighted by molar-refractivity contribution is 6.05. The van der Waals surface area contributed by atoms with Crippen LogP contribution in [0.4, 0.5) is 14.9 Å². The lowest BCUT2D eigenvalue weighted by Gasteiger charge is -2.34. The van der Waals surface area contributed by atoms with E-state index in [4.69, 9.17) is 14.2 Å². The van der Waals surface area contributed by atoms with E-state index in [0.29, 0.717) is 60.1 Å². The molecule has 2 amide bonds. The van der Waals surface area contributed by atoms with Crippen LogP contribution in [-0.4, -0.2) is 59.6 Å². The van der Waals surface area contributed by atoms with Gasteiger partial charge in [-0.25, -0.2) is 13.9 Å². The molecule has 202 valence electrons. The highest BCUT2D eigenvalue weighted by Crippen LogP contribution is 2.34. The minimum Gasteiger partial charge on any atom is -0.497 e. The van der Waals surface area contributed by atoms with Gasteiger partial charge >= 0.3 is 6.09 Å². The minimum atomic E-state index is -0.585. The molecule has 0 unspecified atom stereocenters. The second-order valence-electron chi connectivity index (χ2n) is 10.1. The number of methoxy groups -OCH3 is 2. The first kappa shape index (κ1) is 27.0. The standard InChI is InChI=1S/C28H33FN4O5/c1-28(2,3)38-27(35)32-11-9-18(10-12-32)25-24(17-30-33(25)21-8-6-7-19(29)13-21)26(34)31-20-14-22(36-4)16-23(15-20)37-5/h6-8,13-18H,9-12H2,1-5H3,(H,31,34). The second-order valence-corrected chi connectivity index (χ2v) is 10.1. The van der Waals surface area contributed by atoms with Crippen molar-refractivity contribution in [1.29, 1.82) is 0 Å². The molecule has 0 saturated carbocycles. The zero-order chi connectivity index (χ0) is 27.4. The first-order valence-corrected chi connectivity index (χ1v) is 12.4. The van der Waals surface area contributed by atoms with Gasteiger partial charge in [-0.15, -0.1) is 0 Å². The molecule has 9 nitrogen and oxygen atoms in total. The number of aromatic nitrogens is 2. The van der Waals surface area contributed by atoms with Crippen LogP contribution < -0.4 is 14.8 Å². The number of benzene rings is 2. The Morgan fingerprint density at radius 3 is 2.26 bits per heavy atom. The topological polar surface area (TPSA) is 94.9 Å². The van der Waals surface area contributed by atoms with Crippen molar-refractivity contribution in [1.82, 2.24) is 14.7 Å². The summed E-state index contributed by atoms with van der Waals surface area (Å²) in [5.41, 5.74) is 1.45. The average molecular weight is 525 g/mol. The van der Waals surface area contributed by atoms with Gasteiger partial charge in [0.05, 0.1) is 37.4 Å². The molecule has 1 fully saturated rings. The van der Waals surface area contributed by atoms with Gasteiger partial charge in [0.25, 0.3) is 5.91 Å². The fourth-order valence-electron chi connectivity index (χ4n) is 4.48. The van der Waals surface area contributed by atoms with Crippen LogP contribution in [0.5, 0.6) is 11.5 Å². The fourth-order valence-corrected chi connectivity index (χ4v) is 4.48. The third-order valence-electron chi connectivity index (χ3n) is 6.25. The molecule has 10 heteroatoms. The number of amides is 2. The molecule has 0 bridgehead atoms. The smallest absolute Gasteiger partial charge is 0.410 e. The average Bonchev–Trinajstić information content (AvgIpc) is 3.33. The van der Waals surface area contributed by atoms with Crippen molar-refractivity contribution >= 4 is 17.7 Å². The quantitative estimate of drug-likeness (QED) is 0.464. The molecule has 0 spiro atoms. The molecule has 0 aliphatic carbocycles. The van der Waals surface area contributed by atoms with E-state index in [-0.39, 0.29) is 17.9 Å². The Hall–Kier alpha value is -4.08. The van der Waals surface area contributed by atoms with E-state index in [1.807, 2.05) is 20.8 Å². The third kappa shape index (κ3) is 6.24. The molecule has 3 aromatic rings. The molecular weight excluding hydrogens is 491 g/mol. The highest BCUT2D eigenvalue weighted by Gasteiger charge is 2.32. The monoisotopic (exact) mass is 524 g/mol. The molecule has 1 aromatic heterocycles. The molecule has 1 N–H and O–H groups in total. The normalized spacial score (nSPS) is 14.2. The van der Waals surface area contributed by atoms with Crippen LogP contribution in [0.15, 0.2) is 48.7 Å². The maximum atomic E-state index is 14.1. The van der Waals surface area contributed by atoms with Gasteiger partial charge in [0.1, 0.15) is 22.9 Å². The Labute approximate surface area is 221 Å². The number of nitrogens with zero attached hydrogens (tertiary/aromatic N) is 3. The molecular formula is C28H33FN4O5. The zero-order valence-corrected chi connectivity index (χ0v) is 22.3. The summed E-state index contributed by atoms with van der Waals surface area (Å²) in [6.45, 7) is 6.41. The number of carbonyl (C=O) groups excluding carboxylic acids is 2. The van der Waals surface area contributed by atoms with E-state index in [0.717, 1.165) is 0 Å². The van der Waals surface area contributed by atoms with Crippen LogP contribution in [0.25, 0.3) is 5.69 Å². The summed E-state index contributed by atoms with van der Waals surface area (Å²) in [7, 11) is 3.07.